The number of likely N-dealkylation sites (tertiary alicyclic amines) is 1. The van der Waals surface area contributed by atoms with Crippen molar-refractivity contribution in [3.8, 4) is 0 Å². The van der Waals surface area contributed by atoms with Crippen molar-refractivity contribution in [3.63, 3.8) is 0 Å². The first-order valence-corrected chi connectivity index (χ1v) is 7.56. The number of nitro groups is 1. The van der Waals surface area contributed by atoms with Crippen LogP contribution in [0.25, 0.3) is 0 Å². The summed E-state index contributed by atoms with van der Waals surface area (Å²) in [6.07, 6.45) is 3.30. The van der Waals surface area contributed by atoms with Crippen LogP contribution in [0.5, 0.6) is 0 Å². The van der Waals surface area contributed by atoms with Gasteiger partial charge in [0.2, 0.25) is 0 Å². The normalized spacial score (nSPS) is 18.1. The van der Waals surface area contributed by atoms with Gasteiger partial charge >= 0.3 is 0 Å². The maximum atomic E-state index is 12.4. The average Bonchev–Trinajstić information content (AvgIpc) is 2.80. The molecular formula is C13H18BrN3O3. The summed E-state index contributed by atoms with van der Waals surface area (Å²) >= 11 is 3.59. The maximum Gasteiger partial charge on any atom is 0.287 e. The molecule has 1 aliphatic heterocycles. The van der Waals surface area contributed by atoms with Gasteiger partial charge in [0.05, 0.1) is 11.1 Å². The Balaban J connectivity index is 2.07. The lowest BCUT2D eigenvalue weighted by molar-refractivity contribution is -0.384. The van der Waals surface area contributed by atoms with Crippen LogP contribution in [0.3, 0.4) is 0 Å². The van der Waals surface area contributed by atoms with Crippen molar-refractivity contribution in [1.29, 1.82) is 0 Å². The topological polar surface area (TPSA) is 68.4 Å². The number of aryl methyl sites for hydroxylation is 1. The minimum absolute atomic E-state index is 0.0418. The van der Waals surface area contributed by atoms with Gasteiger partial charge in [0.25, 0.3) is 11.6 Å². The van der Waals surface area contributed by atoms with Gasteiger partial charge in [0.15, 0.2) is 0 Å². The molecule has 1 aromatic heterocycles. The Morgan fingerprint density at radius 1 is 1.50 bits per heavy atom. The summed E-state index contributed by atoms with van der Waals surface area (Å²) < 4.78 is 1.53. The fraction of sp³-hybridized carbons (Fsp3) is 0.615. The second-order valence-corrected chi connectivity index (χ2v) is 6.70. The number of carbonyl (C=O) groups is 1. The number of piperidine rings is 1. The van der Waals surface area contributed by atoms with Crippen molar-refractivity contribution in [2.45, 2.75) is 24.6 Å². The van der Waals surface area contributed by atoms with E-state index >= 15 is 0 Å². The van der Waals surface area contributed by atoms with Crippen LogP contribution in [0.2, 0.25) is 0 Å². The monoisotopic (exact) mass is 343 g/mol. The quantitative estimate of drug-likeness (QED) is 0.481. The molecule has 2 rings (SSSR count). The molecule has 1 aliphatic rings. The van der Waals surface area contributed by atoms with Gasteiger partial charge in [-0.1, -0.05) is 22.9 Å². The van der Waals surface area contributed by atoms with Gasteiger partial charge in [-0.3, -0.25) is 14.9 Å². The number of halogens is 1. The summed E-state index contributed by atoms with van der Waals surface area (Å²) in [5.41, 5.74) is 0.335. The van der Waals surface area contributed by atoms with Crippen molar-refractivity contribution in [2.75, 3.05) is 13.1 Å². The van der Waals surface area contributed by atoms with Crippen LogP contribution in [0.4, 0.5) is 5.69 Å². The lowest BCUT2D eigenvalue weighted by Gasteiger charge is -2.33. The largest absolute Gasteiger partial charge is 0.340 e. The van der Waals surface area contributed by atoms with Crippen LogP contribution in [0, 0.1) is 16.0 Å². The Morgan fingerprint density at radius 2 is 2.10 bits per heavy atom. The minimum Gasteiger partial charge on any atom is -0.340 e. The van der Waals surface area contributed by atoms with Gasteiger partial charge in [-0.05, 0) is 18.8 Å². The zero-order valence-electron chi connectivity index (χ0n) is 11.6. The summed E-state index contributed by atoms with van der Waals surface area (Å²) in [4.78, 5) is 24.9. The third-order valence-corrected chi connectivity index (χ3v) is 4.64. The van der Waals surface area contributed by atoms with Crippen molar-refractivity contribution >= 4 is 27.5 Å². The molecule has 0 spiro atoms. The number of hydrogen-bond donors (Lipinski definition) is 0. The first-order valence-electron chi connectivity index (χ1n) is 6.64. The SMILES string of the molecule is CC(Br)C1CCN(C(=O)c2cc([N+](=O)[O-])cn2C)CC1. The minimum atomic E-state index is -0.477. The highest BCUT2D eigenvalue weighted by Crippen LogP contribution is 2.26. The van der Waals surface area contributed by atoms with Crippen molar-refractivity contribution in [1.82, 2.24) is 9.47 Å². The van der Waals surface area contributed by atoms with E-state index in [9.17, 15) is 14.9 Å². The van der Waals surface area contributed by atoms with Crippen molar-refractivity contribution in [3.05, 3.63) is 28.1 Å². The Hall–Kier alpha value is -1.37. The molecule has 0 aliphatic carbocycles. The molecule has 1 atom stereocenters. The molecule has 110 valence electrons. The highest BCUT2D eigenvalue weighted by molar-refractivity contribution is 9.09. The van der Waals surface area contributed by atoms with E-state index in [1.807, 2.05) is 0 Å². The Kier molecular flexibility index (Phi) is 4.47. The molecule has 1 saturated heterocycles. The second kappa shape index (κ2) is 5.95. The van der Waals surface area contributed by atoms with E-state index in [4.69, 9.17) is 0 Å². The number of amides is 1. The van der Waals surface area contributed by atoms with Crippen LogP contribution >= 0.6 is 15.9 Å². The molecule has 0 N–H and O–H groups in total. The van der Waals surface area contributed by atoms with E-state index in [-0.39, 0.29) is 11.6 Å². The summed E-state index contributed by atoms with van der Waals surface area (Å²) in [5.74, 6) is 0.461. The van der Waals surface area contributed by atoms with E-state index in [1.165, 1.54) is 16.8 Å². The van der Waals surface area contributed by atoms with Gasteiger partial charge < -0.3 is 9.47 Å². The van der Waals surface area contributed by atoms with E-state index in [1.54, 1.807) is 11.9 Å². The zero-order chi connectivity index (χ0) is 14.9. The molecule has 2 heterocycles. The van der Waals surface area contributed by atoms with Gasteiger partial charge in [-0.15, -0.1) is 0 Å². The Labute approximate surface area is 126 Å². The molecule has 6 nitrogen and oxygen atoms in total. The molecule has 7 heteroatoms. The van der Waals surface area contributed by atoms with Gasteiger partial charge in [0.1, 0.15) is 5.69 Å². The smallest absolute Gasteiger partial charge is 0.287 e. The predicted molar refractivity (Wildman–Crippen MR) is 79.1 cm³/mol. The molecule has 1 amide bonds. The number of hydrogen-bond acceptors (Lipinski definition) is 3. The first-order chi connectivity index (χ1) is 9.40. The predicted octanol–water partition coefficient (Wildman–Crippen LogP) is 2.57. The third kappa shape index (κ3) is 3.03. The number of nitrogens with zero attached hydrogens (tertiary/aromatic N) is 3. The fourth-order valence-electron chi connectivity index (χ4n) is 2.58. The molecule has 1 fully saturated rings. The van der Waals surface area contributed by atoms with Crippen LogP contribution in [0.15, 0.2) is 12.3 Å². The number of aromatic nitrogens is 1. The first kappa shape index (κ1) is 15.0. The number of rotatable bonds is 3. The van der Waals surface area contributed by atoms with Crippen LogP contribution < -0.4 is 0 Å². The second-order valence-electron chi connectivity index (χ2n) is 5.26. The standard InChI is InChI=1S/C13H18BrN3O3/c1-9(14)10-3-5-16(6-4-10)13(18)12-7-11(17(19)20)8-15(12)2/h7-10H,3-6H2,1-2H3. The molecule has 20 heavy (non-hydrogen) atoms. The highest BCUT2D eigenvalue weighted by Gasteiger charge is 2.28. The van der Waals surface area contributed by atoms with E-state index in [0.29, 0.717) is 29.5 Å². The van der Waals surface area contributed by atoms with E-state index in [0.717, 1.165) is 12.8 Å². The number of carbonyl (C=O) groups excluding carboxylic acids is 1. The van der Waals surface area contributed by atoms with Gasteiger partial charge in [-0.2, -0.15) is 0 Å². The summed E-state index contributed by atoms with van der Waals surface area (Å²) in [6.45, 7) is 3.54. The average molecular weight is 344 g/mol. The fourth-order valence-corrected chi connectivity index (χ4v) is 3.11. The van der Waals surface area contributed by atoms with E-state index < -0.39 is 4.92 Å². The molecule has 0 bridgehead atoms. The summed E-state index contributed by atoms with van der Waals surface area (Å²) in [5, 5.41) is 10.7. The zero-order valence-corrected chi connectivity index (χ0v) is 13.2. The Bertz CT molecular complexity index is 519. The third-order valence-electron chi connectivity index (χ3n) is 3.90. The highest BCUT2D eigenvalue weighted by atomic mass is 79.9. The summed E-state index contributed by atoms with van der Waals surface area (Å²) in [7, 11) is 1.66. The summed E-state index contributed by atoms with van der Waals surface area (Å²) in [6, 6.07) is 1.35. The Morgan fingerprint density at radius 3 is 2.55 bits per heavy atom. The van der Waals surface area contributed by atoms with Crippen molar-refractivity contribution in [2.24, 2.45) is 13.0 Å². The molecule has 0 radical (unpaired) electrons. The number of alkyl halides is 1. The van der Waals surface area contributed by atoms with Crippen LogP contribution in [-0.2, 0) is 7.05 Å². The van der Waals surface area contributed by atoms with Crippen molar-refractivity contribution < 1.29 is 9.72 Å². The van der Waals surface area contributed by atoms with Crippen LogP contribution in [0.1, 0.15) is 30.3 Å². The van der Waals surface area contributed by atoms with Gasteiger partial charge in [-0.25, -0.2) is 0 Å². The molecule has 0 aromatic carbocycles. The molecule has 0 saturated carbocycles. The van der Waals surface area contributed by atoms with Crippen LogP contribution in [-0.4, -0.2) is 38.2 Å². The lowest BCUT2D eigenvalue weighted by atomic mass is 9.94. The van der Waals surface area contributed by atoms with Gasteiger partial charge in [0, 0.05) is 31.0 Å². The lowest BCUT2D eigenvalue weighted by Crippen LogP contribution is -2.40. The molecule has 1 unspecified atom stereocenters. The maximum absolute atomic E-state index is 12.4. The molecular weight excluding hydrogens is 326 g/mol. The molecule has 1 aromatic rings. The van der Waals surface area contributed by atoms with E-state index in [2.05, 4.69) is 22.9 Å².